The molecule has 2 aromatic rings. The summed E-state index contributed by atoms with van der Waals surface area (Å²) in [5, 5.41) is 0. The highest BCUT2D eigenvalue weighted by Crippen LogP contribution is 2.31. The number of hydrogen-bond donors (Lipinski definition) is 2. The van der Waals surface area contributed by atoms with Crippen molar-refractivity contribution >= 4 is 0 Å². The maximum Gasteiger partial charge on any atom is 0.128 e. The summed E-state index contributed by atoms with van der Waals surface area (Å²) in [4.78, 5) is 7.55. The third-order valence-corrected chi connectivity index (χ3v) is 3.04. The summed E-state index contributed by atoms with van der Waals surface area (Å²) in [6.07, 6.45) is 3.49. The lowest BCUT2D eigenvalue weighted by molar-refractivity contribution is 0.416. The van der Waals surface area contributed by atoms with Crippen LogP contribution in [0.3, 0.4) is 0 Å². The van der Waals surface area contributed by atoms with E-state index in [9.17, 15) is 0 Å². The molecule has 0 aliphatic carbocycles. The Balaban J connectivity index is 2.50. The molecule has 0 saturated heterocycles. The fraction of sp³-hybridized carbons (Fsp3) is 0.357. The van der Waals surface area contributed by atoms with Gasteiger partial charge < -0.3 is 15.5 Å². The van der Waals surface area contributed by atoms with Crippen molar-refractivity contribution in [2.24, 2.45) is 5.73 Å². The normalized spacial score (nSPS) is 10.6. The van der Waals surface area contributed by atoms with Crippen molar-refractivity contribution in [3.63, 3.8) is 0 Å². The van der Waals surface area contributed by atoms with Crippen LogP contribution in [-0.4, -0.2) is 23.6 Å². The summed E-state index contributed by atoms with van der Waals surface area (Å²) in [5.41, 5.74) is 9.91. The maximum atomic E-state index is 5.61. The van der Waals surface area contributed by atoms with Crippen molar-refractivity contribution in [2.75, 3.05) is 13.7 Å². The highest BCUT2D eigenvalue weighted by molar-refractivity contribution is 5.70. The highest BCUT2D eigenvalue weighted by atomic mass is 16.5. The van der Waals surface area contributed by atoms with Crippen LogP contribution in [0.4, 0.5) is 0 Å². The molecule has 0 bridgehead atoms. The molecular formula is C14H19N3O. The summed E-state index contributed by atoms with van der Waals surface area (Å²) in [5.74, 6) is 0.845. The van der Waals surface area contributed by atoms with Crippen LogP contribution >= 0.6 is 0 Å². The Hall–Kier alpha value is -1.81. The number of imidazole rings is 1. The average Bonchev–Trinajstić information content (AvgIpc) is 2.86. The number of nitrogens with one attached hydrogen (secondary N) is 1. The highest BCUT2D eigenvalue weighted by Gasteiger charge is 2.13. The molecule has 0 aliphatic rings. The Morgan fingerprint density at radius 1 is 1.39 bits per heavy atom. The number of aryl methyl sites for hydroxylation is 1. The summed E-state index contributed by atoms with van der Waals surface area (Å²) in [6.45, 7) is 2.74. The van der Waals surface area contributed by atoms with E-state index in [-0.39, 0.29) is 0 Å². The Morgan fingerprint density at radius 2 is 2.22 bits per heavy atom. The molecule has 0 radical (unpaired) electrons. The average molecular weight is 245 g/mol. The predicted octanol–water partition coefficient (Wildman–Crippen LogP) is 2.15. The van der Waals surface area contributed by atoms with Crippen molar-refractivity contribution in [1.82, 2.24) is 9.97 Å². The van der Waals surface area contributed by atoms with Crippen molar-refractivity contribution < 1.29 is 4.74 Å². The predicted molar refractivity (Wildman–Crippen MR) is 72.7 cm³/mol. The zero-order valence-corrected chi connectivity index (χ0v) is 10.9. The molecule has 0 spiro atoms. The number of rotatable bonds is 5. The van der Waals surface area contributed by atoms with Crippen molar-refractivity contribution in [2.45, 2.75) is 19.8 Å². The van der Waals surface area contributed by atoms with Crippen LogP contribution in [0.1, 0.15) is 18.2 Å². The topological polar surface area (TPSA) is 63.9 Å². The number of ether oxygens (including phenoxy) is 1. The van der Waals surface area contributed by atoms with Gasteiger partial charge in [0.05, 0.1) is 19.1 Å². The van der Waals surface area contributed by atoms with Crippen LogP contribution in [0, 0.1) is 0 Å². The second-order valence-corrected chi connectivity index (χ2v) is 4.16. The molecular weight excluding hydrogens is 226 g/mol. The van der Waals surface area contributed by atoms with Gasteiger partial charge in [-0.1, -0.05) is 13.0 Å². The molecule has 0 fully saturated rings. The molecule has 1 aromatic heterocycles. The second-order valence-electron chi connectivity index (χ2n) is 4.16. The van der Waals surface area contributed by atoms with Crippen LogP contribution in [0.25, 0.3) is 11.3 Å². The molecule has 18 heavy (non-hydrogen) atoms. The number of aromatic amines is 1. The lowest BCUT2D eigenvalue weighted by Crippen LogP contribution is -2.04. The first-order chi connectivity index (χ1) is 8.80. The van der Waals surface area contributed by atoms with E-state index in [2.05, 4.69) is 29.0 Å². The van der Waals surface area contributed by atoms with Gasteiger partial charge in [-0.2, -0.15) is 0 Å². The number of hydrogen-bond acceptors (Lipinski definition) is 3. The third-order valence-electron chi connectivity index (χ3n) is 3.04. The second kappa shape index (κ2) is 5.69. The molecule has 3 N–H and O–H groups in total. The molecule has 0 saturated carbocycles. The monoisotopic (exact) mass is 245 g/mol. The van der Waals surface area contributed by atoms with Crippen molar-refractivity contribution in [3.8, 4) is 17.0 Å². The number of methoxy groups -OCH3 is 1. The number of nitrogens with two attached hydrogens (primary N) is 1. The molecule has 0 aliphatic heterocycles. The number of H-pyrrole nitrogens is 1. The van der Waals surface area contributed by atoms with Crippen LogP contribution in [0.15, 0.2) is 24.5 Å². The van der Waals surface area contributed by atoms with Gasteiger partial charge in [-0.15, -0.1) is 0 Å². The zero-order valence-electron chi connectivity index (χ0n) is 10.9. The third kappa shape index (κ3) is 2.38. The van der Waals surface area contributed by atoms with E-state index in [1.165, 1.54) is 5.56 Å². The van der Waals surface area contributed by atoms with Crippen molar-refractivity contribution in [1.29, 1.82) is 0 Å². The van der Waals surface area contributed by atoms with E-state index >= 15 is 0 Å². The van der Waals surface area contributed by atoms with E-state index in [4.69, 9.17) is 10.5 Å². The Morgan fingerprint density at radius 3 is 2.89 bits per heavy atom. The number of nitrogens with zero attached hydrogens (tertiary/aromatic N) is 1. The van der Waals surface area contributed by atoms with E-state index in [1.807, 2.05) is 6.07 Å². The molecule has 2 rings (SSSR count). The number of benzene rings is 1. The molecule has 1 aromatic carbocycles. The summed E-state index contributed by atoms with van der Waals surface area (Å²) < 4.78 is 5.42. The molecule has 0 amide bonds. The van der Waals surface area contributed by atoms with Crippen LogP contribution in [0.5, 0.6) is 5.75 Å². The quantitative estimate of drug-likeness (QED) is 0.848. The maximum absolute atomic E-state index is 5.61. The van der Waals surface area contributed by atoms with Gasteiger partial charge in [0.25, 0.3) is 0 Å². The molecule has 4 heteroatoms. The SMILES string of the molecule is CCc1ccc(OC)c(-c2nc[nH]c2CCN)c1. The van der Waals surface area contributed by atoms with Crippen molar-refractivity contribution in [3.05, 3.63) is 35.8 Å². The van der Waals surface area contributed by atoms with Gasteiger partial charge in [0.2, 0.25) is 0 Å². The summed E-state index contributed by atoms with van der Waals surface area (Å²) in [7, 11) is 1.68. The minimum Gasteiger partial charge on any atom is -0.496 e. The molecule has 4 nitrogen and oxygen atoms in total. The summed E-state index contributed by atoms with van der Waals surface area (Å²) >= 11 is 0. The largest absolute Gasteiger partial charge is 0.496 e. The number of aromatic nitrogens is 2. The van der Waals surface area contributed by atoms with Gasteiger partial charge in [-0.3, -0.25) is 0 Å². The van der Waals surface area contributed by atoms with Gasteiger partial charge in [0, 0.05) is 17.7 Å². The van der Waals surface area contributed by atoms with E-state index < -0.39 is 0 Å². The minimum atomic E-state index is 0.602. The lowest BCUT2D eigenvalue weighted by Gasteiger charge is -2.10. The fourth-order valence-electron chi connectivity index (χ4n) is 2.05. The Labute approximate surface area is 107 Å². The Bertz CT molecular complexity index is 520. The first kappa shape index (κ1) is 12.6. The van der Waals surface area contributed by atoms with Crippen LogP contribution in [-0.2, 0) is 12.8 Å². The Kier molecular flexibility index (Phi) is 3.99. The van der Waals surface area contributed by atoms with E-state index in [1.54, 1.807) is 13.4 Å². The van der Waals surface area contributed by atoms with Crippen LogP contribution in [0.2, 0.25) is 0 Å². The van der Waals surface area contributed by atoms with Gasteiger partial charge in [-0.05, 0) is 30.7 Å². The van der Waals surface area contributed by atoms with Gasteiger partial charge in [0.15, 0.2) is 0 Å². The van der Waals surface area contributed by atoms with Crippen LogP contribution < -0.4 is 10.5 Å². The minimum absolute atomic E-state index is 0.602. The first-order valence-corrected chi connectivity index (χ1v) is 6.19. The molecule has 96 valence electrons. The van der Waals surface area contributed by atoms with E-state index in [0.29, 0.717) is 6.54 Å². The molecule has 0 atom stereocenters. The lowest BCUT2D eigenvalue weighted by atomic mass is 10.0. The first-order valence-electron chi connectivity index (χ1n) is 6.19. The van der Waals surface area contributed by atoms with Gasteiger partial charge in [-0.25, -0.2) is 4.98 Å². The van der Waals surface area contributed by atoms with E-state index in [0.717, 1.165) is 35.5 Å². The van der Waals surface area contributed by atoms with Gasteiger partial charge >= 0.3 is 0 Å². The summed E-state index contributed by atoms with van der Waals surface area (Å²) in [6, 6.07) is 6.21. The zero-order chi connectivity index (χ0) is 13.0. The smallest absolute Gasteiger partial charge is 0.128 e. The molecule has 1 heterocycles. The standard InChI is InChI=1S/C14H19N3O/c1-3-10-4-5-13(18-2)11(8-10)14-12(6-7-15)16-9-17-14/h4-5,8-9H,3,6-7,15H2,1-2H3,(H,16,17). The van der Waals surface area contributed by atoms with Gasteiger partial charge in [0.1, 0.15) is 5.75 Å². The molecule has 0 unspecified atom stereocenters. The fourth-order valence-corrected chi connectivity index (χ4v) is 2.05.